The summed E-state index contributed by atoms with van der Waals surface area (Å²) >= 11 is 1.89. The summed E-state index contributed by atoms with van der Waals surface area (Å²) in [6.07, 6.45) is 5.20. The van der Waals surface area contributed by atoms with Crippen molar-refractivity contribution in [3.05, 3.63) is 59.3 Å². The number of carbonyl (C=O) groups is 6. The number of fused-ring (bicyclic) bond motifs is 1. The molecule has 5 rings (SSSR count). The molecule has 0 aliphatic carbocycles. The highest BCUT2D eigenvalue weighted by molar-refractivity contribution is 8.00. The molecule has 3 aliphatic heterocycles. The number of amides is 6. The zero-order chi connectivity index (χ0) is 52.8. The van der Waals surface area contributed by atoms with Gasteiger partial charge in [-0.2, -0.15) is 25.3 Å². The molecule has 3 aliphatic rings. The summed E-state index contributed by atoms with van der Waals surface area (Å²) in [7, 11) is -4.85. The van der Waals surface area contributed by atoms with Crippen LogP contribution in [0.4, 0.5) is 10.6 Å². The molecule has 26 nitrogen and oxygen atoms in total. The van der Waals surface area contributed by atoms with Crippen LogP contribution in [0.2, 0.25) is 0 Å². The number of anilines is 1. The Hall–Kier alpha value is -5.40. The first-order chi connectivity index (χ1) is 35.9. The average Bonchev–Trinajstić information content (AvgIpc) is 4.04. The molecule has 3 fully saturated rings. The van der Waals surface area contributed by atoms with Gasteiger partial charge in [0, 0.05) is 36.7 Å². The maximum Gasteiger partial charge on any atom is 0.363 e. The molecule has 0 saturated carbocycles. The minimum Gasteiger partial charge on any atom is -0.377 e. The second-order valence-electron chi connectivity index (χ2n) is 16.4. The van der Waals surface area contributed by atoms with Gasteiger partial charge < -0.3 is 64.0 Å². The van der Waals surface area contributed by atoms with Crippen molar-refractivity contribution in [2.24, 2.45) is 5.10 Å². The molecule has 410 valence electrons. The van der Waals surface area contributed by atoms with E-state index in [1.165, 1.54) is 36.7 Å². The number of hydroxylamine groups is 2. The third kappa shape index (κ3) is 22.2. The van der Waals surface area contributed by atoms with Gasteiger partial charge in [0.05, 0.1) is 142 Å². The lowest BCUT2D eigenvalue weighted by Gasteiger charge is -2.16. The second-order valence-corrected chi connectivity index (χ2v) is 19.3. The molecule has 2 aromatic rings. The molecule has 1 aromatic heterocycles. The molecule has 6 amide bonds. The first-order valence-electron chi connectivity index (χ1n) is 24.1. The van der Waals surface area contributed by atoms with Crippen LogP contribution in [0, 0.1) is 0 Å². The number of thioether (sulfide) groups is 1. The van der Waals surface area contributed by atoms with Crippen LogP contribution in [0.1, 0.15) is 58.4 Å². The van der Waals surface area contributed by atoms with Crippen molar-refractivity contribution < 1.29 is 84.5 Å². The van der Waals surface area contributed by atoms with Gasteiger partial charge in [0.25, 0.3) is 27.8 Å². The number of hydrogen-bond acceptors (Lipinski definition) is 21. The predicted molar refractivity (Wildman–Crippen MR) is 265 cm³/mol. The molecule has 74 heavy (non-hydrogen) atoms. The Kier molecular flexibility index (Phi) is 26.9. The number of nitrogens with one attached hydrogen (secondary N) is 5. The molecule has 6 N–H and O–H groups in total. The van der Waals surface area contributed by atoms with Crippen LogP contribution < -0.4 is 26.7 Å². The monoisotopic (exact) mass is 1080 g/mol. The molecule has 0 radical (unpaired) electrons. The number of unbranched alkanes of at least 4 members (excludes halogenated alkanes) is 1. The van der Waals surface area contributed by atoms with E-state index in [1.54, 1.807) is 12.1 Å². The smallest absolute Gasteiger partial charge is 0.363 e. The topological polar surface area (TPSA) is 328 Å². The molecule has 0 bridgehead atoms. The van der Waals surface area contributed by atoms with Crippen molar-refractivity contribution in [3.8, 4) is 0 Å². The number of nitrogens with zero attached hydrogens (tertiary/aromatic N) is 3. The molecular formula is C46H66N8O18S2. The number of aromatic nitrogens is 1. The van der Waals surface area contributed by atoms with Crippen molar-refractivity contribution >= 4 is 69.5 Å². The van der Waals surface area contributed by atoms with Crippen LogP contribution in [-0.2, 0) is 67.2 Å². The number of hydrogen-bond donors (Lipinski definition) is 6. The highest BCUT2D eigenvalue weighted by atomic mass is 32.2. The Bertz CT molecular complexity index is 2210. The summed E-state index contributed by atoms with van der Waals surface area (Å²) in [5.41, 5.74) is 3.52. The van der Waals surface area contributed by atoms with E-state index in [0.29, 0.717) is 134 Å². The van der Waals surface area contributed by atoms with Crippen LogP contribution >= 0.6 is 11.8 Å². The zero-order valence-corrected chi connectivity index (χ0v) is 42.6. The van der Waals surface area contributed by atoms with E-state index >= 15 is 0 Å². The van der Waals surface area contributed by atoms with Crippen molar-refractivity contribution in [3.63, 3.8) is 0 Å². The predicted octanol–water partition coefficient (Wildman–Crippen LogP) is 0.319. The fourth-order valence-corrected chi connectivity index (χ4v) is 9.37. The lowest BCUT2D eigenvalue weighted by Crippen LogP contribution is -2.36. The number of benzene rings is 1. The lowest BCUT2D eigenvalue weighted by atomic mass is 10.0. The van der Waals surface area contributed by atoms with Gasteiger partial charge in [-0.05, 0) is 42.7 Å². The van der Waals surface area contributed by atoms with E-state index < -0.39 is 39.6 Å². The van der Waals surface area contributed by atoms with Gasteiger partial charge in [0.2, 0.25) is 5.91 Å². The molecular weight excluding hydrogens is 1020 g/mol. The normalized spacial score (nSPS) is 18.4. The van der Waals surface area contributed by atoms with Crippen molar-refractivity contribution in [2.45, 2.75) is 54.7 Å². The fraction of sp³-hybridized carbons (Fsp3) is 0.609. The number of rotatable bonds is 39. The first kappa shape index (κ1) is 59.5. The zero-order valence-electron chi connectivity index (χ0n) is 40.9. The summed E-state index contributed by atoms with van der Waals surface area (Å²) in [5.74, 6) is -2.58. The molecule has 1 aromatic carbocycles. The summed E-state index contributed by atoms with van der Waals surface area (Å²) < 4.78 is 75.7. The number of urea groups is 1. The lowest BCUT2D eigenvalue weighted by molar-refractivity contribution is -0.172. The van der Waals surface area contributed by atoms with Crippen LogP contribution in [0.3, 0.4) is 0 Å². The number of pyridine rings is 1. The van der Waals surface area contributed by atoms with Gasteiger partial charge >= 0.3 is 12.0 Å². The molecule has 28 heteroatoms. The van der Waals surface area contributed by atoms with Crippen molar-refractivity contribution in [1.82, 2.24) is 31.3 Å². The molecule has 1 unspecified atom stereocenters. The first-order valence-corrected chi connectivity index (χ1v) is 26.7. The summed E-state index contributed by atoms with van der Waals surface area (Å²) in [5, 5.41) is 14.0. The van der Waals surface area contributed by atoms with Crippen molar-refractivity contribution in [2.75, 3.05) is 130 Å². The Morgan fingerprint density at radius 2 is 1.27 bits per heavy atom. The summed E-state index contributed by atoms with van der Waals surface area (Å²) in [4.78, 5) is 81.4. The van der Waals surface area contributed by atoms with Gasteiger partial charge in [-0.25, -0.2) is 14.6 Å². The van der Waals surface area contributed by atoms with Crippen LogP contribution in [0.15, 0.2) is 47.7 Å². The van der Waals surface area contributed by atoms with Crippen molar-refractivity contribution in [1.29, 1.82) is 0 Å². The molecule has 3 saturated heterocycles. The van der Waals surface area contributed by atoms with Crippen LogP contribution in [-0.4, -0.2) is 212 Å². The highest BCUT2D eigenvalue weighted by Gasteiger charge is 2.48. The molecule has 4 heterocycles. The largest absolute Gasteiger partial charge is 0.377 e. The maximum absolute atomic E-state index is 12.5. The Balaban J connectivity index is 0.718. The Labute approximate surface area is 433 Å². The quantitative estimate of drug-likeness (QED) is 0.0131. The SMILES string of the molecule is O=C(CCCC[C@@H]1SC[C@@H]2NC(=O)N[C@@H]21)NCCOCCOCCOCCOCCOCCOCCOCCOCCNC(=O)c1ccc(N/N=C/c2ccc(C(=O)ON3C(=O)CC(S(=O)(=O)O)C3=O)cc2)nc1. The molecule has 0 spiro atoms. The van der Waals surface area contributed by atoms with E-state index in [-0.39, 0.29) is 53.7 Å². The van der Waals surface area contributed by atoms with Crippen LogP contribution in [0.5, 0.6) is 0 Å². The van der Waals surface area contributed by atoms with Gasteiger partial charge in [-0.3, -0.25) is 29.2 Å². The minimum absolute atomic E-state index is 0.0229. The second kappa shape index (κ2) is 33.5. The summed E-state index contributed by atoms with van der Waals surface area (Å²) in [6.45, 7) is 7.30. The van der Waals surface area contributed by atoms with E-state index in [4.69, 9.17) is 47.3 Å². The Morgan fingerprint density at radius 1 is 0.730 bits per heavy atom. The third-order valence-electron chi connectivity index (χ3n) is 10.9. The molecule has 4 atom stereocenters. The fourth-order valence-electron chi connectivity index (χ4n) is 7.12. The van der Waals surface area contributed by atoms with Gasteiger partial charge in [-0.1, -0.05) is 18.6 Å². The van der Waals surface area contributed by atoms with E-state index in [1.807, 2.05) is 11.8 Å². The van der Waals surface area contributed by atoms with Gasteiger partial charge in [0.15, 0.2) is 5.25 Å². The number of carbonyl (C=O) groups excluding carboxylic acids is 6. The number of hydrazone groups is 1. The van der Waals surface area contributed by atoms with Gasteiger partial charge in [-0.15, -0.1) is 5.06 Å². The minimum atomic E-state index is -4.85. The maximum atomic E-state index is 12.5. The van der Waals surface area contributed by atoms with Gasteiger partial charge in [0.1, 0.15) is 5.82 Å². The Morgan fingerprint density at radius 3 is 1.80 bits per heavy atom. The third-order valence-corrected chi connectivity index (χ3v) is 13.5. The average molecular weight is 1080 g/mol. The van der Waals surface area contributed by atoms with Crippen LogP contribution in [0.25, 0.3) is 0 Å². The standard InChI is InChI=1S/C46H66N8O18S2/c55-40(4-2-1-3-37-42-36(32-73-37)51-46(60)52-42)47-11-13-64-15-17-66-19-21-68-23-25-70-27-28-71-26-24-69-22-20-67-18-16-65-14-12-48-43(57)35-9-10-39(49-31-35)53-50-30-33-5-7-34(8-6-33)45(59)72-54-41(56)29-38(44(54)58)74(61,62)63/h5-10,30-31,36-38,42H,1-4,11-29,32H2,(H,47,55)(H,48,57)(H,49,53)(H2,51,52,60)(H,61,62,63)/b50-30+/t36-,37-,38?,42-/m0/s1. The number of ether oxygens (including phenoxy) is 8. The number of imide groups is 1. The van der Waals surface area contributed by atoms with E-state index in [0.717, 1.165) is 25.0 Å². The van der Waals surface area contributed by atoms with E-state index in [2.05, 4.69) is 36.8 Å². The summed E-state index contributed by atoms with van der Waals surface area (Å²) in [6, 6.07) is 9.12. The van der Waals surface area contributed by atoms with E-state index in [9.17, 15) is 37.2 Å². The highest BCUT2D eigenvalue weighted by Crippen LogP contribution is 2.33.